The molecule has 6 nitrogen and oxygen atoms in total. The highest BCUT2D eigenvalue weighted by molar-refractivity contribution is 5.95. The van der Waals surface area contributed by atoms with Crippen LogP contribution in [0.2, 0.25) is 0 Å². The van der Waals surface area contributed by atoms with Crippen molar-refractivity contribution in [3.05, 3.63) is 59.7 Å². The molecule has 0 aliphatic carbocycles. The van der Waals surface area contributed by atoms with Gasteiger partial charge in [0.15, 0.2) is 5.78 Å². The van der Waals surface area contributed by atoms with Crippen LogP contribution >= 0.6 is 0 Å². The summed E-state index contributed by atoms with van der Waals surface area (Å²) >= 11 is 0. The number of benzene rings is 2. The maximum atomic E-state index is 12.1. The Bertz CT molecular complexity index is 865. The van der Waals surface area contributed by atoms with Crippen molar-refractivity contribution in [1.29, 1.82) is 5.26 Å². The van der Waals surface area contributed by atoms with Crippen LogP contribution in [0.1, 0.15) is 35.7 Å². The number of anilines is 2. The number of amides is 2. The predicted molar refractivity (Wildman–Crippen MR) is 105 cm³/mol. The highest BCUT2D eigenvalue weighted by Crippen LogP contribution is 2.25. The average Bonchev–Trinajstić information content (AvgIpc) is 2.68. The van der Waals surface area contributed by atoms with Crippen LogP contribution in [0.15, 0.2) is 48.5 Å². The minimum absolute atomic E-state index is 0.0186. The maximum Gasteiger partial charge on any atom is 0.319 e. The molecule has 0 saturated carbocycles. The van der Waals surface area contributed by atoms with Gasteiger partial charge in [-0.3, -0.25) is 4.79 Å². The summed E-state index contributed by atoms with van der Waals surface area (Å²) in [6, 6.07) is 16.6. The highest BCUT2D eigenvalue weighted by Gasteiger charge is 2.23. The molecule has 0 unspecified atom stereocenters. The van der Waals surface area contributed by atoms with E-state index in [2.05, 4.69) is 21.6 Å². The zero-order valence-electron chi connectivity index (χ0n) is 15.2. The number of para-hydroxylation sites is 1. The Hall–Kier alpha value is -3.33. The minimum Gasteiger partial charge on any atom is -0.370 e. The number of nitrogens with one attached hydrogen (secondary N) is 2. The van der Waals surface area contributed by atoms with E-state index in [-0.39, 0.29) is 17.9 Å². The van der Waals surface area contributed by atoms with Crippen molar-refractivity contribution in [1.82, 2.24) is 5.32 Å². The van der Waals surface area contributed by atoms with E-state index in [1.54, 1.807) is 18.2 Å². The van der Waals surface area contributed by atoms with Crippen molar-refractivity contribution in [2.24, 2.45) is 0 Å². The molecule has 0 bridgehead atoms. The molecule has 138 valence electrons. The lowest BCUT2D eigenvalue weighted by Crippen LogP contribution is -2.46. The fourth-order valence-electron chi connectivity index (χ4n) is 3.25. The zero-order chi connectivity index (χ0) is 19.2. The van der Waals surface area contributed by atoms with Gasteiger partial charge >= 0.3 is 6.03 Å². The SMILES string of the molecule is CC(=O)c1ccc(C#N)c(N2CCC(NC(=O)Nc3ccccc3)CC2)c1. The Morgan fingerprint density at radius 2 is 1.81 bits per heavy atom. The van der Waals surface area contributed by atoms with E-state index in [9.17, 15) is 14.9 Å². The minimum atomic E-state index is -0.212. The maximum absolute atomic E-state index is 12.1. The quantitative estimate of drug-likeness (QED) is 0.815. The molecule has 1 aliphatic heterocycles. The second kappa shape index (κ2) is 8.37. The Labute approximate surface area is 158 Å². The first-order valence-corrected chi connectivity index (χ1v) is 8.99. The summed E-state index contributed by atoms with van der Waals surface area (Å²) < 4.78 is 0. The van der Waals surface area contributed by atoms with Crippen molar-refractivity contribution in [2.75, 3.05) is 23.3 Å². The number of rotatable bonds is 4. The van der Waals surface area contributed by atoms with Gasteiger partial charge < -0.3 is 15.5 Å². The van der Waals surface area contributed by atoms with Gasteiger partial charge in [-0.25, -0.2) is 4.79 Å². The normalized spacial score (nSPS) is 14.3. The third-order valence-electron chi connectivity index (χ3n) is 4.73. The number of nitriles is 1. The molecule has 1 heterocycles. The number of Topliss-reactive ketones (excluding diaryl/α,β-unsaturated/α-hetero) is 1. The topological polar surface area (TPSA) is 85.2 Å². The van der Waals surface area contributed by atoms with Gasteiger partial charge in [0.25, 0.3) is 0 Å². The molecule has 1 saturated heterocycles. The van der Waals surface area contributed by atoms with Gasteiger partial charge in [-0.1, -0.05) is 18.2 Å². The molecule has 0 atom stereocenters. The molecule has 2 aromatic carbocycles. The van der Waals surface area contributed by atoms with Crippen molar-refractivity contribution in [3.63, 3.8) is 0 Å². The average molecular weight is 362 g/mol. The van der Waals surface area contributed by atoms with E-state index in [1.165, 1.54) is 6.92 Å². The van der Waals surface area contributed by atoms with E-state index < -0.39 is 0 Å². The van der Waals surface area contributed by atoms with Crippen molar-refractivity contribution in [3.8, 4) is 6.07 Å². The number of hydrogen-bond donors (Lipinski definition) is 2. The second-order valence-corrected chi connectivity index (χ2v) is 6.63. The molecular formula is C21H22N4O2. The van der Waals surface area contributed by atoms with Gasteiger partial charge in [0.1, 0.15) is 6.07 Å². The summed E-state index contributed by atoms with van der Waals surface area (Å²) in [6.07, 6.45) is 1.55. The van der Waals surface area contributed by atoms with Crippen LogP contribution in [0.25, 0.3) is 0 Å². The lowest BCUT2D eigenvalue weighted by atomic mass is 10.0. The number of nitrogens with zero attached hydrogens (tertiary/aromatic N) is 2. The molecule has 0 aromatic heterocycles. The first-order chi connectivity index (χ1) is 13.1. The second-order valence-electron chi connectivity index (χ2n) is 6.63. The third kappa shape index (κ3) is 4.64. The van der Waals surface area contributed by atoms with Crippen LogP contribution in [-0.2, 0) is 0 Å². The summed E-state index contributed by atoms with van der Waals surface area (Å²) in [5, 5.41) is 15.2. The van der Waals surface area contributed by atoms with Crippen molar-refractivity contribution < 1.29 is 9.59 Å². The summed E-state index contributed by atoms with van der Waals surface area (Å²) in [4.78, 5) is 25.9. The van der Waals surface area contributed by atoms with E-state index in [0.29, 0.717) is 24.2 Å². The van der Waals surface area contributed by atoms with Gasteiger partial charge in [-0.15, -0.1) is 0 Å². The predicted octanol–water partition coefficient (Wildman–Crippen LogP) is 3.55. The van der Waals surface area contributed by atoms with Gasteiger partial charge in [0.2, 0.25) is 0 Å². The monoisotopic (exact) mass is 362 g/mol. The number of carbonyl (C=O) groups excluding carboxylic acids is 2. The number of hydrogen-bond acceptors (Lipinski definition) is 4. The smallest absolute Gasteiger partial charge is 0.319 e. The summed E-state index contributed by atoms with van der Waals surface area (Å²) in [7, 11) is 0. The fourth-order valence-corrected chi connectivity index (χ4v) is 3.25. The van der Waals surface area contributed by atoms with Gasteiger partial charge in [0.05, 0.1) is 11.3 Å². The number of carbonyl (C=O) groups is 2. The molecular weight excluding hydrogens is 340 g/mol. The van der Waals surface area contributed by atoms with Crippen molar-refractivity contribution in [2.45, 2.75) is 25.8 Å². The lowest BCUT2D eigenvalue weighted by Gasteiger charge is -2.34. The standard InChI is InChI=1S/C21H22N4O2/c1-15(26)16-7-8-17(14-22)20(13-16)25-11-9-19(10-12-25)24-21(27)23-18-5-3-2-4-6-18/h2-8,13,19H,9-12H2,1H3,(H2,23,24,27). The molecule has 0 spiro atoms. The number of ketones is 1. The first kappa shape index (κ1) is 18.5. The lowest BCUT2D eigenvalue weighted by molar-refractivity contribution is 0.101. The largest absolute Gasteiger partial charge is 0.370 e. The molecule has 3 rings (SSSR count). The summed E-state index contributed by atoms with van der Waals surface area (Å²) in [5.74, 6) is -0.0186. The Morgan fingerprint density at radius 3 is 2.44 bits per heavy atom. The molecule has 2 N–H and O–H groups in total. The first-order valence-electron chi connectivity index (χ1n) is 8.99. The van der Waals surface area contributed by atoms with Crippen LogP contribution in [0, 0.1) is 11.3 Å². The Balaban J connectivity index is 1.59. The Kier molecular flexibility index (Phi) is 5.72. The van der Waals surface area contributed by atoms with Crippen LogP contribution < -0.4 is 15.5 Å². The third-order valence-corrected chi connectivity index (χ3v) is 4.73. The molecule has 2 aromatic rings. The van der Waals surface area contributed by atoms with Gasteiger partial charge in [-0.2, -0.15) is 5.26 Å². The van der Waals surface area contributed by atoms with Crippen molar-refractivity contribution >= 4 is 23.2 Å². The number of urea groups is 1. The van der Waals surface area contributed by atoms with Crippen LogP contribution in [0.5, 0.6) is 0 Å². The zero-order valence-corrected chi connectivity index (χ0v) is 15.2. The van der Waals surface area contributed by atoms with Crippen LogP contribution in [-0.4, -0.2) is 30.9 Å². The molecule has 1 fully saturated rings. The molecule has 27 heavy (non-hydrogen) atoms. The van der Waals surface area contributed by atoms with Gasteiger partial charge in [-0.05, 0) is 50.1 Å². The van der Waals surface area contributed by atoms with Crippen LogP contribution in [0.3, 0.4) is 0 Å². The molecule has 2 amide bonds. The highest BCUT2D eigenvalue weighted by atomic mass is 16.2. The van der Waals surface area contributed by atoms with Gasteiger partial charge in [0, 0.05) is 30.4 Å². The summed E-state index contributed by atoms with van der Waals surface area (Å²) in [5.41, 5.74) is 2.71. The van der Waals surface area contributed by atoms with E-state index in [0.717, 1.165) is 24.2 Å². The fraction of sp³-hybridized carbons (Fsp3) is 0.286. The van der Waals surface area contributed by atoms with E-state index in [1.807, 2.05) is 30.3 Å². The number of piperidine rings is 1. The van der Waals surface area contributed by atoms with Crippen LogP contribution in [0.4, 0.5) is 16.2 Å². The molecule has 6 heteroatoms. The molecule has 1 aliphatic rings. The molecule has 0 radical (unpaired) electrons. The Morgan fingerprint density at radius 1 is 1.11 bits per heavy atom. The van der Waals surface area contributed by atoms with E-state index in [4.69, 9.17) is 0 Å². The summed E-state index contributed by atoms with van der Waals surface area (Å²) in [6.45, 7) is 2.95. The van der Waals surface area contributed by atoms with E-state index >= 15 is 0 Å².